The molecule has 3 saturated heterocycles. The molecule has 0 aromatic carbocycles. The molecule has 109 heavy (non-hydrogen) atoms. The summed E-state index contributed by atoms with van der Waals surface area (Å²) in [5, 5.41) is 137. The van der Waals surface area contributed by atoms with Crippen LogP contribution in [0.1, 0.15) is 355 Å². The standard InChI is InChI=1S/C86H158N2O21/c1-4-6-8-10-12-14-16-18-20-22-24-26-28-29-30-31-32-33-34-35-36-37-38-40-42-44-46-48-50-52-54-56-58-60-73(96)88-67(68(93)59-57-55-53-51-49-47-45-43-41-39-27-25-23-21-19-17-15-13-11-9-7-5-2)65-104-83-78(100)77(99)80(72(64-91)106-83)107-84-79(101)82(76(98)71(63-90)105-84)109-86(85(102)103)61-69(94)74(87-66(3)92)81(108-86)75(97)70(95)62-89/h24,26,29-30,57,59,67-72,74-84,89-91,93-95,97-101H,4-23,25,27-28,31-56,58,60-65H2,1-3H3,(H,87,92)(H,88,96)(H,102,103)/b26-24-,30-29-,59-57+. The number of aliphatic carboxylic acids is 1. The van der Waals surface area contributed by atoms with E-state index in [1.54, 1.807) is 6.08 Å². The van der Waals surface area contributed by atoms with Gasteiger partial charge in [0.1, 0.15) is 67.1 Å². The lowest BCUT2D eigenvalue weighted by Crippen LogP contribution is -2.70. The smallest absolute Gasteiger partial charge is 0.364 e. The van der Waals surface area contributed by atoms with E-state index in [-0.39, 0.29) is 12.3 Å². The van der Waals surface area contributed by atoms with Gasteiger partial charge in [-0.05, 0) is 51.4 Å². The van der Waals surface area contributed by atoms with E-state index in [0.29, 0.717) is 12.8 Å². The number of aliphatic hydroxyl groups excluding tert-OH is 11. The second-order valence-electron chi connectivity index (χ2n) is 31.8. The molecule has 23 heteroatoms. The van der Waals surface area contributed by atoms with Gasteiger partial charge in [-0.2, -0.15) is 0 Å². The van der Waals surface area contributed by atoms with Gasteiger partial charge >= 0.3 is 5.97 Å². The SMILES string of the molecule is CCCCCCCCCCC/C=C\C/C=C\CCCCCCCCCCCCCCCCCCCC(=O)NC(COC1OC(CO)C(OC2OC(CO)C(O)C(OC3(C(=O)O)CC(O)C(NC(C)=O)C(C(O)C(O)CO)O3)C2O)C(O)C1O)C(O)/C=C/CCCCCCCCCCCCCCCCCCCCCC. The van der Waals surface area contributed by atoms with Crippen molar-refractivity contribution in [2.75, 3.05) is 26.4 Å². The molecule has 18 unspecified atom stereocenters. The number of carboxylic acids is 1. The van der Waals surface area contributed by atoms with Crippen LogP contribution in [0.15, 0.2) is 36.5 Å². The molecule has 0 aromatic rings. The first-order chi connectivity index (χ1) is 52.9. The number of hydrogen-bond acceptors (Lipinski definition) is 20. The van der Waals surface area contributed by atoms with Crippen LogP contribution in [0.3, 0.4) is 0 Å². The average molecular weight is 1560 g/mol. The molecule has 3 aliphatic heterocycles. The third kappa shape index (κ3) is 43.5. The number of carboxylic acid groups (broad SMARTS) is 1. The van der Waals surface area contributed by atoms with Crippen LogP contribution >= 0.6 is 0 Å². The first-order valence-electron chi connectivity index (χ1n) is 43.9. The summed E-state index contributed by atoms with van der Waals surface area (Å²) in [5.41, 5.74) is 0. The topological polar surface area (TPSA) is 373 Å². The third-order valence-electron chi connectivity index (χ3n) is 22.1. The van der Waals surface area contributed by atoms with E-state index in [1.807, 2.05) is 6.08 Å². The molecular weight excluding hydrogens is 1400 g/mol. The summed E-state index contributed by atoms with van der Waals surface area (Å²) in [6.07, 6.45) is 46.1. The minimum absolute atomic E-state index is 0.202. The van der Waals surface area contributed by atoms with E-state index in [2.05, 4.69) is 48.8 Å². The van der Waals surface area contributed by atoms with Crippen LogP contribution in [0.5, 0.6) is 0 Å². The Kier molecular flexibility index (Phi) is 58.9. The summed E-state index contributed by atoms with van der Waals surface area (Å²) in [4.78, 5) is 38.8. The van der Waals surface area contributed by atoms with Crippen molar-refractivity contribution in [1.82, 2.24) is 10.6 Å². The summed E-state index contributed by atoms with van der Waals surface area (Å²) in [5.74, 6) is -6.14. The van der Waals surface area contributed by atoms with Gasteiger partial charge in [-0.25, -0.2) is 4.79 Å². The zero-order chi connectivity index (χ0) is 79.5. The zero-order valence-electron chi connectivity index (χ0n) is 67.9. The van der Waals surface area contributed by atoms with E-state index < -0.39 is 155 Å². The van der Waals surface area contributed by atoms with Crippen molar-refractivity contribution in [3.63, 3.8) is 0 Å². The number of carbonyl (C=O) groups is 3. The minimum Gasteiger partial charge on any atom is -0.477 e. The molecule has 0 radical (unpaired) electrons. The van der Waals surface area contributed by atoms with Crippen LogP contribution in [0, 0.1) is 0 Å². The Morgan fingerprint density at radius 2 is 0.890 bits per heavy atom. The van der Waals surface area contributed by atoms with E-state index in [4.69, 9.17) is 28.4 Å². The molecule has 0 bridgehead atoms. The van der Waals surface area contributed by atoms with Gasteiger partial charge in [-0.1, -0.05) is 320 Å². The first-order valence-corrected chi connectivity index (χ1v) is 43.9. The highest BCUT2D eigenvalue weighted by atomic mass is 16.8. The molecular formula is C86H158N2O21. The summed E-state index contributed by atoms with van der Waals surface area (Å²) < 4.78 is 35.0. The average Bonchev–Trinajstić information content (AvgIpc) is 0.754. The second kappa shape index (κ2) is 64.2. The number of hydrogen-bond donors (Lipinski definition) is 14. The molecule has 638 valence electrons. The van der Waals surface area contributed by atoms with Gasteiger partial charge in [0.05, 0.1) is 50.7 Å². The van der Waals surface area contributed by atoms with Crippen LogP contribution < -0.4 is 10.6 Å². The molecule has 0 aliphatic carbocycles. The number of nitrogens with one attached hydrogen (secondary N) is 2. The lowest BCUT2D eigenvalue weighted by molar-refractivity contribution is -0.386. The third-order valence-corrected chi connectivity index (χ3v) is 22.1. The summed E-state index contributed by atoms with van der Waals surface area (Å²) in [6.45, 7) is 2.20. The molecule has 23 nitrogen and oxygen atoms in total. The summed E-state index contributed by atoms with van der Waals surface area (Å²) in [7, 11) is 0. The largest absolute Gasteiger partial charge is 0.477 e. The van der Waals surface area contributed by atoms with Gasteiger partial charge in [0, 0.05) is 19.8 Å². The second-order valence-corrected chi connectivity index (χ2v) is 31.8. The van der Waals surface area contributed by atoms with Crippen molar-refractivity contribution in [3.8, 4) is 0 Å². The first kappa shape index (κ1) is 100. The summed E-state index contributed by atoms with van der Waals surface area (Å²) in [6, 6.07) is -2.62. The highest BCUT2D eigenvalue weighted by Crippen LogP contribution is 2.39. The van der Waals surface area contributed by atoms with E-state index in [1.165, 1.54) is 257 Å². The number of ether oxygens (including phenoxy) is 6. The number of carbonyl (C=O) groups excluding carboxylic acids is 2. The Balaban J connectivity index is 1.46. The number of unbranched alkanes of at least 4 members (excludes halogenated alkanes) is 46. The van der Waals surface area contributed by atoms with Gasteiger partial charge < -0.3 is 100 Å². The van der Waals surface area contributed by atoms with Crippen molar-refractivity contribution in [2.45, 2.75) is 464 Å². The van der Waals surface area contributed by atoms with Gasteiger partial charge in [0.2, 0.25) is 11.8 Å². The predicted molar refractivity (Wildman–Crippen MR) is 426 cm³/mol. The van der Waals surface area contributed by atoms with Crippen molar-refractivity contribution in [1.29, 1.82) is 0 Å². The van der Waals surface area contributed by atoms with Crippen molar-refractivity contribution < 1.29 is 104 Å². The fraction of sp³-hybridized carbons (Fsp3) is 0.895. The lowest BCUT2D eigenvalue weighted by Gasteiger charge is -2.50. The van der Waals surface area contributed by atoms with Crippen molar-refractivity contribution in [3.05, 3.63) is 36.5 Å². The highest BCUT2D eigenvalue weighted by molar-refractivity contribution is 5.77. The van der Waals surface area contributed by atoms with E-state index in [0.717, 1.165) is 58.3 Å². The van der Waals surface area contributed by atoms with E-state index in [9.17, 15) is 75.7 Å². The number of aliphatic hydroxyl groups is 11. The molecule has 3 aliphatic rings. The van der Waals surface area contributed by atoms with Crippen LogP contribution in [-0.4, -0.2) is 215 Å². The maximum Gasteiger partial charge on any atom is 0.364 e. The molecule has 3 rings (SSSR count). The fourth-order valence-corrected chi connectivity index (χ4v) is 15.2. The Bertz CT molecular complexity index is 2300. The quantitative estimate of drug-likeness (QED) is 0.0199. The maximum atomic E-state index is 13.6. The van der Waals surface area contributed by atoms with Crippen molar-refractivity contribution >= 4 is 17.8 Å². The molecule has 18 atom stereocenters. The fourth-order valence-electron chi connectivity index (χ4n) is 15.2. The minimum atomic E-state index is -3.08. The monoisotopic (exact) mass is 1560 g/mol. The molecule has 0 aromatic heterocycles. The predicted octanol–water partition coefficient (Wildman–Crippen LogP) is 13.3. The molecule has 0 spiro atoms. The highest BCUT2D eigenvalue weighted by Gasteiger charge is 2.60. The van der Waals surface area contributed by atoms with Gasteiger partial charge in [0.15, 0.2) is 12.6 Å². The Morgan fingerprint density at radius 3 is 1.29 bits per heavy atom. The number of rotatable bonds is 70. The Labute approximate surface area is 656 Å². The molecule has 14 N–H and O–H groups in total. The molecule has 0 saturated carbocycles. The van der Waals surface area contributed by atoms with Gasteiger partial charge in [-0.15, -0.1) is 0 Å². The summed E-state index contributed by atoms with van der Waals surface area (Å²) >= 11 is 0. The number of allylic oxidation sites excluding steroid dienone is 5. The van der Waals surface area contributed by atoms with Crippen LogP contribution in [0.2, 0.25) is 0 Å². The Morgan fingerprint density at radius 1 is 0.486 bits per heavy atom. The zero-order valence-corrected chi connectivity index (χ0v) is 67.9. The van der Waals surface area contributed by atoms with Crippen LogP contribution in [-0.2, 0) is 42.8 Å². The van der Waals surface area contributed by atoms with Crippen LogP contribution in [0.4, 0.5) is 0 Å². The molecule has 3 fully saturated rings. The molecule has 3 heterocycles. The normalized spacial score (nSPS) is 25.9. The van der Waals surface area contributed by atoms with Gasteiger partial charge in [0.25, 0.3) is 5.79 Å². The lowest BCUT2D eigenvalue weighted by atomic mass is 9.88. The van der Waals surface area contributed by atoms with Crippen molar-refractivity contribution in [2.24, 2.45) is 0 Å². The number of amides is 2. The maximum absolute atomic E-state index is 13.6. The van der Waals surface area contributed by atoms with E-state index >= 15 is 0 Å². The van der Waals surface area contributed by atoms with Crippen LogP contribution in [0.25, 0.3) is 0 Å². The molecule has 2 amide bonds. The van der Waals surface area contributed by atoms with Gasteiger partial charge in [-0.3, -0.25) is 9.59 Å². The Hall–Kier alpha value is -3.05.